The molecule has 1 aliphatic rings. The summed E-state index contributed by atoms with van der Waals surface area (Å²) in [5.74, 6) is 1.08. The first-order chi connectivity index (χ1) is 10.2. The van der Waals surface area contributed by atoms with E-state index in [1.165, 1.54) is 11.8 Å². The van der Waals surface area contributed by atoms with Crippen LogP contribution in [-0.4, -0.2) is 24.0 Å². The number of nitrogens with zero attached hydrogens (tertiary/aromatic N) is 1. The Morgan fingerprint density at radius 3 is 3.10 bits per heavy atom. The van der Waals surface area contributed by atoms with Gasteiger partial charge in [-0.1, -0.05) is 29.8 Å². The largest absolute Gasteiger partial charge is 0.493 e. The van der Waals surface area contributed by atoms with Gasteiger partial charge >= 0.3 is 0 Å². The van der Waals surface area contributed by atoms with Gasteiger partial charge < -0.3 is 10.1 Å². The maximum absolute atomic E-state index is 12.0. The molecule has 1 atom stereocenters. The van der Waals surface area contributed by atoms with Crippen molar-refractivity contribution in [2.45, 2.75) is 6.42 Å². The van der Waals surface area contributed by atoms with E-state index >= 15 is 0 Å². The number of amides is 1. The molecule has 1 aromatic carbocycles. The molecular weight excluding hydrogens is 288 g/mol. The number of para-hydroxylation sites is 1. The highest BCUT2D eigenvalue weighted by Gasteiger charge is 2.20. The fourth-order valence-corrected chi connectivity index (χ4v) is 2.58. The lowest BCUT2D eigenvalue weighted by Crippen LogP contribution is -2.34. The van der Waals surface area contributed by atoms with Gasteiger partial charge in [-0.15, -0.1) is 0 Å². The predicted molar refractivity (Wildman–Crippen MR) is 80.7 cm³/mol. The molecule has 1 N–H and O–H groups in total. The zero-order valence-corrected chi connectivity index (χ0v) is 12.1. The topological polar surface area (TPSA) is 51.2 Å². The second kappa shape index (κ2) is 6.14. The van der Waals surface area contributed by atoms with E-state index in [2.05, 4.69) is 16.4 Å². The Morgan fingerprint density at radius 2 is 2.24 bits per heavy atom. The lowest BCUT2D eigenvalue weighted by Gasteiger charge is -2.25. The minimum absolute atomic E-state index is 0.141. The van der Waals surface area contributed by atoms with Crippen LogP contribution in [0.3, 0.4) is 0 Å². The lowest BCUT2D eigenvalue weighted by atomic mass is 9.96. The highest BCUT2D eigenvalue weighted by atomic mass is 35.5. The minimum atomic E-state index is -0.141. The van der Waals surface area contributed by atoms with Crippen molar-refractivity contribution in [1.82, 2.24) is 10.3 Å². The molecule has 0 fully saturated rings. The SMILES string of the molecule is O=C(NCC1COc2ccccc2C1)c1ccnc(Cl)c1. The molecule has 0 aliphatic carbocycles. The Balaban J connectivity index is 1.58. The zero-order chi connectivity index (χ0) is 14.7. The van der Waals surface area contributed by atoms with E-state index in [1.54, 1.807) is 12.1 Å². The zero-order valence-electron chi connectivity index (χ0n) is 11.4. The van der Waals surface area contributed by atoms with Crippen LogP contribution in [0, 0.1) is 5.92 Å². The highest BCUT2D eigenvalue weighted by Crippen LogP contribution is 2.26. The number of hydrogen-bond acceptors (Lipinski definition) is 3. The van der Waals surface area contributed by atoms with Gasteiger partial charge in [0.05, 0.1) is 6.61 Å². The number of hydrogen-bond donors (Lipinski definition) is 1. The van der Waals surface area contributed by atoms with Gasteiger partial charge in [0.25, 0.3) is 5.91 Å². The molecule has 21 heavy (non-hydrogen) atoms. The van der Waals surface area contributed by atoms with Crippen molar-refractivity contribution < 1.29 is 9.53 Å². The number of ether oxygens (including phenoxy) is 1. The van der Waals surface area contributed by atoms with Crippen LogP contribution in [0.2, 0.25) is 5.15 Å². The monoisotopic (exact) mass is 302 g/mol. The number of rotatable bonds is 3. The second-order valence-corrected chi connectivity index (χ2v) is 5.45. The molecular formula is C16H15ClN2O2. The Hall–Kier alpha value is -2.07. The fraction of sp³-hybridized carbons (Fsp3) is 0.250. The van der Waals surface area contributed by atoms with Gasteiger partial charge in [-0.25, -0.2) is 4.98 Å². The summed E-state index contributed by atoms with van der Waals surface area (Å²) >= 11 is 5.78. The van der Waals surface area contributed by atoms with E-state index in [0.29, 0.717) is 23.9 Å². The maximum Gasteiger partial charge on any atom is 0.251 e. The summed E-state index contributed by atoms with van der Waals surface area (Å²) in [5, 5.41) is 3.24. The third-order valence-corrected chi connectivity index (χ3v) is 3.70. The molecule has 108 valence electrons. The van der Waals surface area contributed by atoms with Crippen molar-refractivity contribution >= 4 is 17.5 Å². The molecule has 1 aliphatic heterocycles. The van der Waals surface area contributed by atoms with Gasteiger partial charge in [-0.05, 0) is 30.2 Å². The molecule has 2 heterocycles. The summed E-state index contributed by atoms with van der Waals surface area (Å²) in [5.41, 5.74) is 1.71. The standard InChI is InChI=1S/C16H15ClN2O2/c17-15-8-13(5-6-18-15)16(20)19-9-11-7-12-3-1-2-4-14(12)21-10-11/h1-6,8,11H,7,9-10H2,(H,19,20). The third kappa shape index (κ3) is 3.34. The van der Waals surface area contributed by atoms with Crippen LogP contribution in [-0.2, 0) is 6.42 Å². The number of carbonyl (C=O) groups excluding carboxylic acids is 1. The Kier molecular flexibility index (Phi) is 4.06. The number of fused-ring (bicyclic) bond motifs is 1. The molecule has 1 aromatic heterocycles. The summed E-state index contributed by atoms with van der Waals surface area (Å²) in [6, 6.07) is 11.2. The van der Waals surface area contributed by atoms with Crippen LogP contribution in [0.5, 0.6) is 5.75 Å². The smallest absolute Gasteiger partial charge is 0.251 e. The third-order valence-electron chi connectivity index (χ3n) is 3.50. The van der Waals surface area contributed by atoms with Gasteiger partial charge in [0.15, 0.2) is 0 Å². The summed E-state index contributed by atoms with van der Waals surface area (Å²) in [4.78, 5) is 15.9. The first-order valence-electron chi connectivity index (χ1n) is 6.83. The van der Waals surface area contributed by atoms with Crippen molar-refractivity contribution in [1.29, 1.82) is 0 Å². The molecule has 3 rings (SSSR count). The molecule has 0 radical (unpaired) electrons. The van der Waals surface area contributed by atoms with Crippen molar-refractivity contribution in [3.8, 4) is 5.75 Å². The van der Waals surface area contributed by atoms with Crippen LogP contribution >= 0.6 is 11.6 Å². The first kappa shape index (κ1) is 13.9. The summed E-state index contributed by atoms with van der Waals surface area (Å²) in [6.45, 7) is 1.20. The molecule has 0 spiro atoms. The maximum atomic E-state index is 12.0. The van der Waals surface area contributed by atoms with E-state index in [-0.39, 0.29) is 11.8 Å². The van der Waals surface area contributed by atoms with E-state index in [0.717, 1.165) is 12.2 Å². The molecule has 1 unspecified atom stereocenters. The van der Waals surface area contributed by atoms with E-state index in [9.17, 15) is 4.79 Å². The Morgan fingerprint density at radius 1 is 1.38 bits per heavy atom. The molecule has 0 saturated carbocycles. The highest BCUT2D eigenvalue weighted by molar-refractivity contribution is 6.29. The second-order valence-electron chi connectivity index (χ2n) is 5.07. The molecule has 5 heteroatoms. The Labute approximate surface area is 128 Å². The minimum Gasteiger partial charge on any atom is -0.493 e. The molecule has 1 amide bonds. The lowest BCUT2D eigenvalue weighted by molar-refractivity contribution is 0.0939. The summed E-state index contributed by atoms with van der Waals surface area (Å²) in [7, 11) is 0. The van der Waals surface area contributed by atoms with Crippen LogP contribution in [0.25, 0.3) is 0 Å². The molecule has 0 saturated heterocycles. The molecule has 0 bridgehead atoms. The number of halogens is 1. The average Bonchev–Trinajstić information content (AvgIpc) is 2.52. The molecule has 4 nitrogen and oxygen atoms in total. The van der Waals surface area contributed by atoms with E-state index in [4.69, 9.17) is 16.3 Å². The fourth-order valence-electron chi connectivity index (χ4n) is 2.40. The predicted octanol–water partition coefficient (Wildman–Crippen LogP) is 2.72. The quantitative estimate of drug-likeness (QED) is 0.887. The number of benzene rings is 1. The average molecular weight is 303 g/mol. The van der Waals surface area contributed by atoms with Gasteiger partial charge in [0, 0.05) is 24.2 Å². The van der Waals surface area contributed by atoms with Gasteiger partial charge in [-0.2, -0.15) is 0 Å². The molecule has 2 aromatic rings. The van der Waals surface area contributed by atoms with Crippen LogP contribution < -0.4 is 10.1 Å². The van der Waals surface area contributed by atoms with Crippen molar-refractivity contribution in [3.05, 3.63) is 58.9 Å². The number of carbonyl (C=O) groups is 1. The van der Waals surface area contributed by atoms with E-state index < -0.39 is 0 Å². The normalized spacial score (nSPS) is 16.7. The van der Waals surface area contributed by atoms with Crippen molar-refractivity contribution in [2.24, 2.45) is 5.92 Å². The van der Waals surface area contributed by atoms with Gasteiger partial charge in [-0.3, -0.25) is 4.79 Å². The van der Waals surface area contributed by atoms with Gasteiger partial charge in [0.2, 0.25) is 0 Å². The van der Waals surface area contributed by atoms with Gasteiger partial charge in [0.1, 0.15) is 10.9 Å². The summed E-state index contributed by atoms with van der Waals surface area (Å²) < 4.78 is 5.71. The Bertz CT molecular complexity index is 660. The van der Waals surface area contributed by atoms with E-state index in [1.807, 2.05) is 18.2 Å². The first-order valence-corrected chi connectivity index (χ1v) is 7.20. The van der Waals surface area contributed by atoms with Crippen molar-refractivity contribution in [3.63, 3.8) is 0 Å². The van der Waals surface area contributed by atoms with Crippen LogP contribution in [0.15, 0.2) is 42.6 Å². The number of pyridine rings is 1. The number of aromatic nitrogens is 1. The van der Waals surface area contributed by atoms with Crippen LogP contribution in [0.4, 0.5) is 0 Å². The van der Waals surface area contributed by atoms with Crippen LogP contribution in [0.1, 0.15) is 15.9 Å². The van der Waals surface area contributed by atoms with Crippen molar-refractivity contribution in [2.75, 3.05) is 13.2 Å². The number of nitrogens with one attached hydrogen (secondary N) is 1. The summed E-state index contributed by atoms with van der Waals surface area (Å²) in [6.07, 6.45) is 2.44.